The number of likely N-dealkylation sites (N-methyl/N-ethyl adjacent to an activating group) is 1. The normalized spacial score (nSPS) is 12.2. The lowest BCUT2D eigenvalue weighted by molar-refractivity contribution is -0.137. The van der Waals surface area contributed by atoms with E-state index in [2.05, 4.69) is 10.3 Å². The van der Waals surface area contributed by atoms with Crippen molar-refractivity contribution in [2.45, 2.75) is 32.5 Å². The highest BCUT2D eigenvalue weighted by Crippen LogP contribution is 2.30. The van der Waals surface area contributed by atoms with Gasteiger partial charge in [0.2, 0.25) is 5.91 Å². The van der Waals surface area contributed by atoms with Gasteiger partial charge in [0, 0.05) is 18.8 Å². The Bertz CT molecular complexity index is 480. The van der Waals surface area contributed by atoms with Gasteiger partial charge in [-0.3, -0.25) is 4.79 Å². The minimum atomic E-state index is -4.42. The molecule has 1 aromatic heterocycles. The molecule has 1 heterocycles. The molecular formula is C13H18F3N3O. The molecule has 0 aliphatic carbocycles. The Kier molecular flexibility index (Phi) is 4.62. The van der Waals surface area contributed by atoms with Crippen molar-refractivity contribution in [2.75, 3.05) is 18.5 Å². The van der Waals surface area contributed by atoms with Gasteiger partial charge in [-0.1, -0.05) is 0 Å². The highest BCUT2D eigenvalue weighted by Gasteiger charge is 2.31. The predicted octanol–water partition coefficient (Wildman–Crippen LogP) is 2.45. The third-order valence-electron chi connectivity index (χ3n) is 2.36. The number of nitrogens with zero attached hydrogens (tertiary/aromatic N) is 2. The van der Waals surface area contributed by atoms with Crippen LogP contribution in [0, 0.1) is 0 Å². The zero-order valence-corrected chi connectivity index (χ0v) is 11.9. The second kappa shape index (κ2) is 5.68. The van der Waals surface area contributed by atoms with Crippen molar-refractivity contribution in [3.8, 4) is 0 Å². The second-order valence-electron chi connectivity index (χ2n) is 5.55. The van der Waals surface area contributed by atoms with Crippen molar-refractivity contribution in [1.29, 1.82) is 0 Å². The van der Waals surface area contributed by atoms with Crippen molar-refractivity contribution in [3.05, 3.63) is 23.9 Å². The number of halogens is 3. The van der Waals surface area contributed by atoms with Gasteiger partial charge in [-0.2, -0.15) is 13.2 Å². The first-order chi connectivity index (χ1) is 8.99. The molecular weight excluding hydrogens is 271 g/mol. The average molecular weight is 289 g/mol. The second-order valence-corrected chi connectivity index (χ2v) is 5.55. The number of amides is 1. The van der Waals surface area contributed by atoms with Crippen molar-refractivity contribution in [1.82, 2.24) is 10.3 Å². The van der Waals surface area contributed by atoms with Gasteiger partial charge in [-0.05, 0) is 32.9 Å². The molecule has 0 saturated heterocycles. The fourth-order valence-electron chi connectivity index (χ4n) is 1.56. The maximum Gasteiger partial charge on any atom is 0.416 e. The van der Waals surface area contributed by atoms with Crippen LogP contribution in [0.5, 0.6) is 0 Å². The monoisotopic (exact) mass is 289 g/mol. The minimum Gasteiger partial charge on any atom is -0.350 e. The van der Waals surface area contributed by atoms with E-state index in [4.69, 9.17) is 0 Å². The molecule has 0 saturated carbocycles. The summed E-state index contributed by atoms with van der Waals surface area (Å²) in [6.07, 6.45) is -3.34. The number of nitrogens with one attached hydrogen (secondary N) is 1. The van der Waals surface area contributed by atoms with Crippen LogP contribution in [-0.4, -0.2) is 30.0 Å². The highest BCUT2D eigenvalue weighted by atomic mass is 19.4. The average Bonchev–Trinajstić information content (AvgIpc) is 2.25. The summed E-state index contributed by atoms with van der Waals surface area (Å²) >= 11 is 0. The number of hydrogen-bond acceptors (Lipinski definition) is 3. The number of carbonyl (C=O) groups excluding carboxylic acids is 1. The van der Waals surface area contributed by atoms with Crippen LogP contribution in [0.1, 0.15) is 26.3 Å². The third kappa shape index (κ3) is 5.07. The number of hydrogen-bond donors (Lipinski definition) is 1. The van der Waals surface area contributed by atoms with Gasteiger partial charge in [0.15, 0.2) is 0 Å². The molecule has 7 heteroatoms. The minimum absolute atomic E-state index is 0.0639. The smallest absolute Gasteiger partial charge is 0.350 e. The maximum absolute atomic E-state index is 12.6. The number of aromatic nitrogens is 1. The van der Waals surface area contributed by atoms with Crippen LogP contribution in [-0.2, 0) is 11.0 Å². The van der Waals surface area contributed by atoms with E-state index in [1.54, 1.807) is 0 Å². The zero-order chi connectivity index (χ0) is 15.6. The van der Waals surface area contributed by atoms with Gasteiger partial charge in [-0.15, -0.1) is 0 Å². The maximum atomic E-state index is 12.6. The van der Waals surface area contributed by atoms with Crippen LogP contribution in [0.3, 0.4) is 0 Å². The van der Waals surface area contributed by atoms with Crippen molar-refractivity contribution < 1.29 is 18.0 Å². The molecule has 0 spiro atoms. The molecule has 0 bridgehead atoms. The lowest BCUT2D eigenvalue weighted by atomic mass is 10.1. The standard InChI is InChI=1S/C13H18F3N3O/c1-12(2,3)18-11(20)8-19(4)10-7-9(5-6-17-10)13(14,15)16/h5-7H,8H2,1-4H3,(H,18,20). The van der Waals surface area contributed by atoms with E-state index < -0.39 is 11.7 Å². The zero-order valence-electron chi connectivity index (χ0n) is 11.9. The van der Waals surface area contributed by atoms with Gasteiger partial charge in [-0.25, -0.2) is 4.98 Å². The quantitative estimate of drug-likeness (QED) is 0.929. The van der Waals surface area contributed by atoms with Gasteiger partial charge in [0.05, 0.1) is 12.1 Å². The summed E-state index contributed by atoms with van der Waals surface area (Å²) in [6, 6.07) is 1.82. The fraction of sp³-hybridized carbons (Fsp3) is 0.538. The Balaban J connectivity index is 2.78. The molecule has 0 unspecified atom stereocenters. The van der Waals surface area contributed by atoms with Crippen LogP contribution in [0.25, 0.3) is 0 Å². The van der Waals surface area contributed by atoms with Crippen LogP contribution < -0.4 is 10.2 Å². The van der Waals surface area contributed by atoms with E-state index >= 15 is 0 Å². The SMILES string of the molecule is CN(CC(=O)NC(C)(C)C)c1cc(C(F)(F)F)ccn1. The Hall–Kier alpha value is -1.79. The summed E-state index contributed by atoms with van der Waals surface area (Å²) in [6.45, 7) is 5.42. The molecule has 1 aromatic rings. The molecule has 1 N–H and O–H groups in total. The Morgan fingerprint density at radius 1 is 1.35 bits per heavy atom. The molecule has 0 radical (unpaired) electrons. The van der Waals surface area contributed by atoms with E-state index in [0.717, 1.165) is 18.3 Å². The summed E-state index contributed by atoms with van der Waals surface area (Å²) in [5, 5.41) is 2.73. The molecule has 20 heavy (non-hydrogen) atoms. The first kappa shape index (κ1) is 16.3. The summed E-state index contributed by atoms with van der Waals surface area (Å²) in [5.41, 5.74) is -1.18. The van der Waals surface area contributed by atoms with Gasteiger partial charge in [0.1, 0.15) is 5.82 Å². The van der Waals surface area contributed by atoms with E-state index in [1.807, 2.05) is 20.8 Å². The number of anilines is 1. The molecule has 1 rings (SSSR count). The Labute approximate surface area is 116 Å². The largest absolute Gasteiger partial charge is 0.416 e. The number of pyridine rings is 1. The predicted molar refractivity (Wildman–Crippen MR) is 70.4 cm³/mol. The molecule has 0 aliphatic rings. The molecule has 0 atom stereocenters. The Morgan fingerprint density at radius 2 is 1.95 bits per heavy atom. The van der Waals surface area contributed by atoms with E-state index in [9.17, 15) is 18.0 Å². The van der Waals surface area contributed by atoms with Gasteiger partial charge >= 0.3 is 6.18 Å². The van der Waals surface area contributed by atoms with E-state index in [0.29, 0.717) is 0 Å². The highest BCUT2D eigenvalue weighted by molar-refractivity contribution is 5.81. The topological polar surface area (TPSA) is 45.2 Å². The van der Waals surface area contributed by atoms with Crippen LogP contribution >= 0.6 is 0 Å². The number of alkyl halides is 3. The first-order valence-electron chi connectivity index (χ1n) is 6.04. The van der Waals surface area contributed by atoms with E-state index in [1.165, 1.54) is 11.9 Å². The van der Waals surface area contributed by atoms with Crippen molar-refractivity contribution >= 4 is 11.7 Å². The van der Waals surface area contributed by atoms with Gasteiger partial charge < -0.3 is 10.2 Å². The lowest BCUT2D eigenvalue weighted by Crippen LogP contribution is -2.45. The summed E-state index contributed by atoms with van der Waals surface area (Å²) < 4.78 is 37.8. The lowest BCUT2D eigenvalue weighted by Gasteiger charge is -2.24. The van der Waals surface area contributed by atoms with Crippen molar-refractivity contribution in [3.63, 3.8) is 0 Å². The third-order valence-corrected chi connectivity index (χ3v) is 2.36. The molecule has 1 amide bonds. The van der Waals surface area contributed by atoms with Crippen molar-refractivity contribution in [2.24, 2.45) is 0 Å². The Morgan fingerprint density at radius 3 is 2.45 bits per heavy atom. The molecule has 112 valence electrons. The fourth-order valence-corrected chi connectivity index (χ4v) is 1.56. The first-order valence-corrected chi connectivity index (χ1v) is 6.04. The van der Waals surface area contributed by atoms with Crippen LogP contribution in [0.15, 0.2) is 18.3 Å². The van der Waals surface area contributed by atoms with Gasteiger partial charge in [0.25, 0.3) is 0 Å². The molecule has 0 aliphatic heterocycles. The summed E-state index contributed by atoms with van der Waals surface area (Å²) in [5.74, 6) is -0.178. The number of rotatable bonds is 3. The molecule has 0 aromatic carbocycles. The van der Waals surface area contributed by atoms with Crippen LogP contribution in [0.2, 0.25) is 0 Å². The van der Waals surface area contributed by atoms with Crippen LogP contribution in [0.4, 0.5) is 19.0 Å². The summed E-state index contributed by atoms with van der Waals surface area (Å²) in [4.78, 5) is 16.9. The molecule has 4 nitrogen and oxygen atoms in total. The van der Waals surface area contributed by atoms with E-state index in [-0.39, 0.29) is 23.8 Å². The molecule has 0 fully saturated rings. The summed E-state index contributed by atoms with van der Waals surface area (Å²) in [7, 11) is 1.52. The number of carbonyl (C=O) groups is 1.